The molecule has 5 nitrogen and oxygen atoms in total. The molecule has 1 saturated heterocycles. The topological polar surface area (TPSA) is 55.8 Å². The van der Waals surface area contributed by atoms with Crippen LogP contribution in [0.1, 0.15) is 56.8 Å². The fourth-order valence-corrected chi connectivity index (χ4v) is 5.25. The average molecular weight is 725 g/mol. The van der Waals surface area contributed by atoms with Gasteiger partial charge in [0.1, 0.15) is 5.60 Å². The Morgan fingerprint density at radius 1 is 1.18 bits per heavy atom. The minimum absolute atomic E-state index is 0.223. The van der Waals surface area contributed by atoms with Gasteiger partial charge in [-0.05, 0) is 125 Å². The van der Waals surface area contributed by atoms with Crippen LogP contribution < -0.4 is 0 Å². The van der Waals surface area contributed by atoms with E-state index < -0.39 is 5.60 Å². The molecule has 0 aliphatic carbocycles. The van der Waals surface area contributed by atoms with E-state index in [-0.39, 0.29) is 12.1 Å². The highest BCUT2D eigenvalue weighted by Gasteiger charge is 2.28. The second kappa shape index (κ2) is 11.0. The molecule has 28 heavy (non-hydrogen) atoms. The smallest absolute Gasteiger partial charge is 0.410 e. The van der Waals surface area contributed by atoms with Crippen molar-refractivity contribution in [3.63, 3.8) is 0 Å². The van der Waals surface area contributed by atoms with Gasteiger partial charge in [-0.3, -0.25) is 0 Å². The maximum absolute atomic E-state index is 12.4. The van der Waals surface area contributed by atoms with Gasteiger partial charge in [0, 0.05) is 23.8 Å². The number of ether oxygens (including phenoxy) is 2. The lowest BCUT2D eigenvalue weighted by molar-refractivity contribution is 0.00481. The van der Waals surface area contributed by atoms with Crippen molar-refractivity contribution in [2.75, 3.05) is 19.7 Å². The maximum Gasteiger partial charge on any atom is 0.410 e. The van der Waals surface area contributed by atoms with Crippen molar-refractivity contribution in [1.82, 2.24) is 4.90 Å². The van der Waals surface area contributed by atoms with E-state index in [1.807, 2.05) is 32.9 Å². The molecule has 0 spiro atoms. The van der Waals surface area contributed by atoms with Crippen LogP contribution in [0.5, 0.6) is 0 Å². The zero-order valence-electron chi connectivity index (χ0n) is 16.4. The van der Waals surface area contributed by atoms with Gasteiger partial charge in [0.2, 0.25) is 0 Å². The van der Waals surface area contributed by atoms with E-state index in [0.29, 0.717) is 31.2 Å². The highest BCUT2D eigenvalue weighted by atomic mass is 127. The first-order valence-corrected chi connectivity index (χ1v) is 12.7. The van der Waals surface area contributed by atoms with Gasteiger partial charge in [-0.2, -0.15) is 0 Å². The van der Waals surface area contributed by atoms with Crippen molar-refractivity contribution in [1.29, 1.82) is 0 Å². The van der Waals surface area contributed by atoms with Crippen LogP contribution in [0.2, 0.25) is 0 Å². The van der Waals surface area contributed by atoms with Crippen LogP contribution in [-0.4, -0.2) is 42.3 Å². The predicted molar refractivity (Wildman–Crippen MR) is 135 cm³/mol. The summed E-state index contributed by atoms with van der Waals surface area (Å²) in [6.07, 6.45) is 3.22. The summed E-state index contributed by atoms with van der Waals surface area (Å²) >= 11 is 6.64. The van der Waals surface area contributed by atoms with Crippen LogP contribution in [0.25, 0.3) is 0 Å². The molecule has 0 radical (unpaired) electrons. The summed E-state index contributed by atoms with van der Waals surface area (Å²) in [5.41, 5.74) is 0.209. The van der Waals surface area contributed by atoms with E-state index in [1.54, 1.807) is 4.90 Å². The second-order valence-electron chi connectivity index (χ2n) is 7.59. The third kappa shape index (κ3) is 7.13. The highest BCUT2D eigenvalue weighted by molar-refractivity contribution is 14.1. The van der Waals surface area contributed by atoms with Gasteiger partial charge >= 0.3 is 12.1 Å². The van der Waals surface area contributed by atoms with Gasteiger partial charge in [-0.25, -0.2) is 9.59 Å². The number of carbonyl (C=O) groups excluding carboxylic acids is 2. The minimum atomic E-state index is -0.424. The Bertz CT molecular complexity index is 716. The molecular weight excluding hydrogens is 699 g/mol. The Hall–Kier alpha value is 0.150. The first kappa shape index (κ1) is 24.4. The van der Waals surface area contributed by atoms with Crippen LogP contribution in [0.4, 0.5) is 4.79 Å². The van der Waals surface area contributed by atoms with E-state index >= 15 is 0 Å². The molecule has 1 aliphatic heterocycles. The molecule has 0 aromatic heterocycles. The Morgan fingerprint density at radius 2 is 1.82 bits per heavy atom. The lowest BCUT2D eigenvalue weighted by atomic mass is 9.94. The quantitative estimate of drug-likeness (QED) is 0.203. The van der Waals surface area contributed by atoms with Crippen molar-refractivity contribution in [3.8, 4) is 0 Å². The first-order chi connectivity index (χ1) is 13.1. The molecule has 1 fully saturated rings. The molecule has 1 amide bonds. The standard InChI is InChI=1S/C20H26I3NO4/c1-4-20(2,3)28-19(26)24-8-5-13(6-9-24)7-10-27-18(25)15-11-14(21)12-16(22)17(15)23/h11-13H,4-10H2,1-3H3. The van der Waals surface area contributed by atoms with Crippen LogP contribution in [0.15, 0.2) is 12.1 Å². The Labute approximate surface area is 208 Å². The van der Waals surface area contributed by atoms with E-state index in [0.717, 1.165) is 36.4 Å². The summed E-state index contributed by atoms with van der Waals surface area (Å²) in [6.45, 7) is 7.69. The maximum atomic E-state index is 12.4. The number of likely N-dealkylation sites (tertiary alicyclic amines) is 1. The molecule has 156 valence electrons. The van der Waals surface area contributed by atoms with Crippen molar-refractivity contribution in [2.45, 2.75) is 52.1 Å². The zero-order chi connectivity index (χ0) is 20.9. The van der Waals surface area contributed by atoms with Crippen LogP contribution in [-0.2, 0) is 9.47 Å². The highest BCUT2D eigenvalue weighted by Crippen LogP contribution is 2.25. The SMILES string of the molecule is CCC(C)(C)OC(=O)N1CCC(CCOC(=O)c2cc(I)cc(I)c2I)CC1. The fourth-order valence-electron chi connectivity index (χ4n) is 2.88. The number of hydrogen-bond donors (Lipinski definition) is 0. The van der Waals surface area contributed by atoms with Gasteiger partial charge in [-0.1, -0.05) is 6.92 Å². The molecule has 1 heterocycles. The van der Waals surface area contributed by atoms with Crippen molar-refractivity contribution in [2.24, 2.45) is 5.92 Å². The molecule has 1 aromatic rings. The summed E-state index contributed by atoms with van der Waals surface area (Å²) in [4.78, 5) is 26.5. The number of nitrogens with zero attached hydrogens (tertiary/aromatic N) is 1. The molecule has 0 atom stereocenters. The predicted octanol–water partition coefficient (Wildman–Crippen LogP) is 6.08. The van der Waals surface area contributed by atoms with Gasteiger partial charge < -0.3 is 14.4 Å². The number of amides is 1. The van der Waals surface area contributed by atoms with Gasteiger partial charge in [-0.15, -0.1) is 0 Å². The number of rotatable bonds is 6. The lowest BCUT2D eigenvalue weighted by Gasteiger charge is -2.34. The number of carbonyl (C=O) groups is 2. The van der Waals surface area contributed by atoms with E-state index in [1.165, 1.54) is 0 Å². The molecule has 2 rings (SSSR count). The molecule has 1 aromatic carbocycles. The number of benzene rings is 1. The largest absolute Gasteiger partial charge is 0.462 e. The summed E-state index contributed by atoms with van der Waals surface area (Å²) in [7, 11) is 0. The number of piperidine rings is 1. The van der Waals surface area contributed by atoms with Gasteiger partial charge in [0.25, 0.3) is 0 Å². The number of esters is 1. The molecule has 8 heteroatoms. The third-order valence-electron chi connectivity index (χ3n) is 5.06. The molecular formula is C20H26I3NO4. The second-order valence-corrected chi connectivity index (χ2v) is 11.1. The van der Waals surface area contributed by atoms with E-state index in [9.17, 15) is 9.59 Å². The molecule has 0 saturated carbocycles. The van der Waals surface area contributed by atoms with Crippen molar-refractivity contribution < 1.29 is 19.1 Å². The fraction of sp³-hybridized carbons (Fsp3) is 0.600. The zero-order valence-corrected chi connectivity index (χ0v) is 22.9. The number of hydrogen-bond acceptors (Lipinski definition) is 4. The summed E-state index contributed by atoms with van der Waals surface area (Å²) in [5.74, 6) is 0.204. The minimum Gasteiger partial charge on any atom is -0.462 e. The molecule has 0 unspecified atom stereocenters. The monoisotopic (exact) mass is 725 g/mol. The molecule has 1 aliphatic rings. The normalized spacial score (nSPS) is 15.4. The molecule has 0 bridgehead atoms. The van der Waals surface area contributed by atoms with Crippen LogP contribution >= 0.6 is 67.8 Å². The Balaban J connectivity index is 1.76. The summed E-state index contributed by atoms with van der Waals surface area (Å²) in [5, 5.41) is 0. The lowest BCUT2D eigenvalue weighted by Crippen LogP contribution is -2.42. The van der Waals surface area contributed by atoms with E-state index in [2.05, 4.69) is 67.8 Å². The third-order valence-corrected chi connectivity index (χ3v) is 8.73. The van der Waals surface area contributed by atoms with Crippen LogP contribution in [0.3, 0.4) is 0 Å². The molecule has 0 N–H and O–H groups in total. The Morgan fingerprint density at radius 3 is 2.43 bits per heavy atom. The summed E-state index contributed by atoms with van der Waals surface area (Å²) < 4.78 is 14.1. The van der Waals surface area contributed by atoms with Crippen molar-refractivity contribution >= 4 is 79.8 Å². The van der Waals surface area contributed by atoms with Crippen LogP contribution in [0, 0.1) is 16.6 Å². The van der Waals surface area contributed by atoms with Gasteiger partial charge in [0.05, 0.1) is 12.2 Å². The Kier molecular flexibility index (Phi) is 9.56. The van der Waals surface area contributed by atoms with E-state index in [4.69, 9.17) is 9.47 Å². The van der Waals surface area contributed by atoms with Gasteiger partial charge in [0.15, 0.2) is 0 Å². The average Bonchev–Trinajstić information content (AvgIpc) is 2.64. The summed E-state index contributed by atoms with van der Waals surface area (Å²) in [6, 6.07) is 3.91. The van der Waals surface area contributed by atoms with Crippen molar-refractivity contribution in [3.05, 3.63) is 28.4 Å². The number of halogens is 3. The first-order valence-electron chi connectivity index (χ1n) is 9.42.